The van der Waals surface area contributed by atoms with Gasteiger partial charge in [0.25, 0.3) is 5.69 Å². The monoisotopic (exact) mass is 377 g/mol. The largest absolute Gasteiger partial charge is 0.467 e. The van der Waals surface area contributed by atoms with Crippen molar-refractivity contribution < 1.29 is 32.7 Å². The van der Waals surface area contributed by atoms with Gasteiger partial charge in [0.2, 0.25) is 0 Å². The minimum atomic E-state index is -0.870. The van der Waals surface area contributed by atoms with Gasteiger partial charge < -0.3 is 14.2 Å². The lowest BCUT2D eigenvalue weighted by molar-refractivity contribution is -0.385. The summed E-state index contributed by atoms with van der Waals surface area (Å²) in [6.45, 7) is -0.213. The zero-order valence-electron chi connectivity index (χ0n) is 13.8. The normalized spacial score (nSPS) is 13.1. The van der Waals surface area contributed by atoms with Crippen LogP contribution in [0.1, 0.15) is 16.7 Å². The second kappa shape index (κ2) is 7.92. The zero-order valence-corrected chi connectivity index (χ0v) is 13.8. The van der Waals surface area contributed by atoms with Crippen molar-refractivity contribution in [2.24, 2.45) is 0 Å². The van der Waals surface area contributed by atoms with E-state index in [2.05, 4.69) is 0 Å². The fourth-order valence-corrected chi connectivity index (χ4v) is 2.51. The molecule has 0 N–H and O–H groups in total. The maximum Gasteiger partial charge on any atom is 0.331 e. The number of nitro groups is 1. The Balaban J connectivity index is 1.74. The molecule has 0 unspecified atom stereocenters. The summed E-state index contributed by atoms with van der Waals surface area (Å²) in [5.41, 5.74) is 0.187. The van der Waals surface area contributed by atoms with Crippen LogP contribution in [-0.4, -0.2) is 17.7 Å². The van der Waals surface area contributed by atoms with Crippen LogP contribution in [0.2, 0.25) is 0 Å². The molecule has 0 bridgehead atoms. The van der Waals surface area contributed by atoms with Gasteiger partial charge in [-0.1, -0.05) is 6.07 Å². The van der Waals surface area contributed by atoms with Gasteiger partial charge in [-0.2, -0.15) is 0 Å². The first kappa shape index (κ1) is 18.5. The predicted molar refractivity (Wildman–Crippen MR) is 88.6 cm³/mol. The van der Waals surface area contributed by atoms with E-state index in [9.17, 15) is 23.7 Å². The van der Waals surface area contributed by atoms with E-state index >= 15 is 0 Å². The van der Waals surface area contributed by atoms with E-state index in [0.29, 0.717) is 16.9 Å². The van der Waals surface area contributed by atoms with Crippen LogP contribution in [0, 0.1) is 21.7 Å². The fraction of sp³-hybridized carbons (Fsp3) is 0.167. The van der Waals surface area contributed by atoms with E-state index in [1.54, 1.807) is 0 Å². The highest BCUT2D eigenvalue weighted by atomic mass is 19.1. The highest BCUT2D eigenvalue weighted by Gasteiger charge is 2.21. The summed E-state index contributed by atoms with van der Waals surface area (Å²) in [6.07, 6.45) is 1.83. The van der Waals surface area contributed by atoms with Crippen LogP contribution in [0.5, 0.6) is 5.75 Å². The zero-order chi connectivity index (χ0) is 19.4. The Morgan fingerprint density at radius 1 is 1.30 bits per heavy atom. The van der Waals surface area contributed by atoms with Crippen LogP contribution in [0.3, 0.4) is 0 Å². The van der Waals surface area contributed by atoms with Crippen molar-refractivity contribution in [3.8, 4) is 5.75 Å². The summed E-state index contributed by atoms with van der Waals surface area (Å²) >= 11 is 0. The number of carbonyl (C=O) groups excluding carboxylic acids is 1. The summed E-state index contributed by atoms with van der Waals surface area (Å²) in [5, 5.41) is 11.0. The second-order valence-corrected chi connectivity index (χ2v) is 5.54. The smallest absolute Gasteiger partial charge is 0.331 e. The molecule has 1 aliphatic rings. The highest BCUT2D eigenvalue weighted by molar-refractivity contribution is 5.87. The number of nitro benzene ring substituents is 1. The average Bonchev–Trinajstić information content (AvgIpc) is 2.65. The molecule has 1 aliphatic heterocycles. The Kier molecular flexibility index (Phi) is 5.41. The van der Waals surface area contributed by atoms with Gasteiger partial charge in [0.05, 0.1) is 11.5 Å². The minimum Gasteiger partial charge on any atom is -0.467 e. The van der Waals surface area contributed by atoms with Crippen LogP contribution in [-0.2, 0) is 27.5 Å². The van der Waals surface area contributed by atoms with E-state index in [4.69, 9.17) is 14.2 Å². The molecule has 7 nitrogen and oxygen atoms in total. The number of esters is 1. The summed E-state index contributed by atoms with van der Waals surface area (Å²) in [6, 6.07) is 5.87. The number of benzene rings is 2. The molecule has 0 saturated heterocycles. The number of carbonyl (C=O) groups is 1. The summed E-state index contributed by atoms with van der Waals surface area (Å²) in [5.74, 6) is -2.16. The standard InChI is InChI=1S/C18H13F2NO6/c19-15-2-1-3-16(20)14(15)4-5-17(22)26-9-12-7-13(21(23)24)6-11-8-25-10-27-18(11)12/h1-7H,8-10H2/b5-4+. The van der Waals surface area contributed by atoms with Crippen molar-refractivity contribution in [2.75, 3.05) is 6.79 Å². The van der Waals surface area contributed by atoms with E-state index in [0.717, 1.165) is 24.3 Å². The van der Waals surface area contributed by atoms with Gasteiger partial charge in [-0.05, 0) is 18.2 Å². The number of halogens is 2. The number of ether oxygens (including phenoxy) is 3. The second-order valence-electron chi connectivity index (χ2n) is 5.54. The van der Waals surface area contributed by atoms with Gasteiger partial charge in [-0.25, -0.2) is 13.6 Å². The molecule has 0 radical (unpaired) electrons. The minimum absolute atomic E-state index is 0.0295. The number of non-ortho nitro benzene ring substituents is 1. The molecule has 0 saturated carbocycles. The van der Waals surface area contributed by atoms with Gasteiger partial charge in [-0.3, -0.25) is 10.1 Å². The Morgan fingerprint density at radius 2 is 2.04 bits per heavy atom. The number of nitrogens with zero attached hydrogens (tertiary/aromatic N) is 1. The van der Waals surface area contributed by atoms with Crippen LogP contribution >= 0.6 is 0 Å². The first-order chi connectivity index (χ1) is 13.0. The summed E-state index contributed by atoms with van der Waals surface area (Å²) in [4.78, 5) is 22.3. The topological polar surface area (TPSA) is 87.9 Å². The molecule has 0 aromatic heterocycles. The van der Waals surface area contributed by atoms with Gasteiger partial charge in [-0.15, -0.1) is 0 Å². The van der Waals surface area contributed by atoms with Crippen LogP contribution < -0.4 is 4.74 Å². The lowest BCUT2D eigenvalue weighted by atomic mass is 10.1. The Hall–Kier alpha value is -3.33. The molecule has 1 heterocycles. The Bertz CT molecular complexity index is 908. The van der Waals surface area contributed by atoms with E-state index < -0.39 is 22.5 Å². The molecule has 2 aromatic rings. The van der Waals surface area contributed by atoms with Gasteiger partial charge >= 0.3 is 5.97 Å². The molecule has 0 aliphatic carbocycles. The molecule has 0 amide bonds. The number of hydrogen-bond donors (Lipinski definition) is 0. The molecule has 27 heavy (non-hydrogen) atoms. The van der Waals surface area contributed by atoms with Crippen LogP contribution in [0.4, 0.5) is 14.5 Å². The molecular weight excluding hydrogens is 364 g/mol. The average molecular weight is 377 g/mol. The van der Waals surface area contributed by atoms with E-state index in [-0.39, 0.29) is 31.3 Å². The lowest BCUT2D eigenvalue weighted by Gasteiger charge is -2.20. The van der Waals surface area contributed by atoms with E-state index in [1.807, 2.05) is 0 Å². The Labute approximate surface area is 151 Å². The van der Waals surface area contributed by atoms with Crippen molar-refractivity contribution >= 4 is 17.7 Å². The molecule has 0 fully saturated rings. The van der Waals surface area contributed by atoms with Crippen molar-refractivity contribution in [3.05, 3.63) is 74.8 Å². The van der Waals surface area contributed by atoms with Crippen LogP contribution in [0.15, 0.2) is 36.4 Å². The highest BCUT2D eigenvalue weighted by Crippen LogP contribution is 2.33. The summed E-state index contributed by atoms with van der Waals surface area (Å²) < 4.78 is 42.5. The van der Waals surface area contributed by atoms with Crippen molar-refractivity contribution in [1.29, 1.82) is 0 Å². The van der Waals surface area contributed by atoms with Gasteiger partial charge in [0, 0.05) is 34.9 Å². The van der Waals surface area contributed by atoms with Crippen LogP contribution in [0.25, 0.3) is 6.08 Å². The molecule has 140 valence electrons. The van der Waals surface area contributed by atoms with E-state index in [1.165, 1.54) is 18.2 Å². The number of fused-ring (bicyclic) bond motifs is 1. The third-order valence-electron chi connectivity index (χ3n) is 3.74. The van der Waals surface area contributed by atoms with Crippen molar-refractivity contribution in [3.63, 3.8) is 0 Å². The lowest BCUT2D eigenvalue weighted by Crippen LogP contribution is -2.14. The third kappa shape index (κ3) is 4.26. The summed E-state index contributed by atoms with van der Waals surface area (Å²) in [7, 11) is 0. The van der Waals surface area contributed by atoms with Gasteiger partial charge in [0.1, 0.15) is 24.0 Å². The molecular formula is C18H13F2NO6. The maximum atomic E-state index is 13.5. The first-order valence-electron chi connectivity index (χ1n) is 7.75. The number of rotatable bonds is 5. The van der Waals surface area contributed by atoms with Gasteiger partial charge in [0.15, 0.2) is 6.79 Å². The predicted octanol–water partition coefficient (Wildman–Crippen LogP) is 3.50. The molecule has 0 atom stereocenters. The molecule has 2 aromatic carbocycles. The molecule has 3 rings (SSSR count). The molecule has 9 heteroatoms. The third-order valence-corrected chi connectivity index (χ3v) is 3.74. The first-order valence-corrected chi connectivity index (χ1v) is 7.75. The maximum absolute atomic E-state index is 13.5. The quantitative estimate of drug-likeness (QED) is 0.343. The fourth-order valence-electron chi connectivity index (χ4n) is 2.51. The molecule has 0 spiro atoms. The number of hydrogen-bond acceptors (Lipinski definition) is 6. The Morgan fingerprint density at radius 3 is 2.74 bits per heavy atom. The van der Waals surface area contributed by atoms with Crippen molar-refractivity contribution in [1.82, 2.24) is 0 Å². The SMILES string of the molecule is O=C(/C=C/c1c(F)cccc1F)OCc1cc([N+](=O)[O-])cc2c1OCOC2. The van der Waals surface area contributed by atoms with Crippen molar-refractivity contribution in [2.45, 2.75) is 13.2 Å².